The number of rotatable bonds is 4. The number of hydrogen-bond donors (Lipinski definition) is 1. The van der Waals surface area contributed by atoms with Gasteiger partial charge in [0.1, 0.15) is 0 Å². The van der Waals surface area contributed by atoms with Gasteiger partial charge in [0.25, 0.3) is 0 Å². The van der Waals surface area contributed by atoms with Crippen LogP contribution in [0.3, 0.4) is 0 Å². The van der Waals surface area contributed by atoms with E-state index in [2.05, 4.69) is 35.0 Å². The Morgan fingerprint density at radius 2 is 2.17 bits per heavy atom. The second-order valence-electron chi connectivity index (χ2n) is 8.90. The monoisotopic (exact) mass is 410 g/mol. The molecule has 1 amide bonds. The van der Waals surface area contributed by atoms with Crippen LogP contribution in [-0.4, -0.2) is 39.0 Å². The van der Waals surface area contributed by atoms with Gasteiger partial charge < -0.3 is 10.2 Å². The van der Waals surface area contributed by atoms with Crippen molar-refractivity contribution in [2.75, 3.05) is 18.1 Å². The minimum absolute atomic E-state index is 0.0753. The van der Waals surface area contributed by atoms with Crippen molar-refractivity contribution < 1.29 is 13.8 Å². The molecule has 1 spiro atoms. The summed E-state index contributed by atoms with van der Waals surface area (Å²) in [5, 5.41) is 3.39. The van der Waals surface area contributed by atoms with E-state index in [0.29, 0.717) is 6.42 Å². The van der Waals surface area contributed by atoms with E-state index < -0.39 is 10.8 Å². The first kappa shape index (κ1) is 18.8. The first-order chi connectivity index (χ1) is 13.9. The molecule has 0 bridgehead atoms. The number of allylic oxidation sites excluding steroid dienone is 2. The van der Waals surface area contributed by atoms with Gasteiger partial charge in [0.2, 0.25) is 11.0 Å². The third-order valence-electron chi connectivity index (χ3n) is 7.52. The van der Waals surface area contributed by atoms with Crippen molar-refractivity contribution in [2.24, 2.45) is 5.41 Å². The highest BCUT2D eigenvalue weighted by Gasteiger charge is 2.66. The number of nitrogens with zero attached hydrogens (tertiary/aromatic N) is 1. The van der Waals surface area contributed by atoms with E-state index in [1.807, 2.05) is 12.1 Å². The number of benzene rings is 1. The first-order valence-electron chi connectivity index (χ1n) is 10.3. The van der Waals surface area contributed by atoms with Crippen LogP contribution in [0.25, 0.3) is 0 Å². The molecule has 1 N–H and O–H groups in total. The van der Waals surface area contributed by atoms with Gasteiger partial charge in [-0.3, -0.25) is 13.8 Å². The Kier molecular flexibility index (Phi) is 4.14. The lowest BCUT2D eigenvalue weighted by Crippen LogP contribution is -2.61. The molecule has 4 aliphatic rings. The summed E-state index contributed by atoms with van der Waals surface area (Å²) >= 11 is 0. The topological polar surface area (TPSA) is 66.5 Å². The highest BCUT2D eigenvalue weighted by molar-refractivity contribution is 7.99. The number of anilines is 1. The maximum Gasteiger partial charge on any atom is 0.222 e. The SMILES string of the molecule is C=CCC12CCC(=O)N3CCC4(C(=C(CC(=O)S(C)=O)C1)Nc1ccccc14)C32. The fourth-order valence-electron chi connectivity index (χ4n) is 6.59. The van der Waals surface area contributed by atoms with Crippen molar-refractivity contribution in [1.29, 1.82) is 0 Å². The molecule has 3 heterocycles. The molecule has 0 radical (unpaired) electrons. The molecule has 2 saturated heterocycles. The van der Waals surface area contributed by atoms with Gasteiger partial charge in [-0.05, 0) is 48.3 Å². The van der Waals surface area contributed by atoms with Gasteiger partial charge in [-0.25, -0.2) is 0 Å². The molecule has 6 heteroatoms. The molecule has 2 fully saturated rings. The minimum atomic E-state index is -1.49. The van der Waals surface area contributed by atoms with E-state index in [4.69, 9.17) is 0 Å². The third kappa shape index (κ3) is 2.41. The zero-order chi connectivity index (χ0) is 20.4. The summed E-state index contributed by atoms with van der Waals surface area (Å²) in [6.45, 7) is 4.76. The molecule has 5 rings (SSSR count). The van der Waals surface area contributed by atoms with Crippen molar-refractivity contribution in [2.45, 2.75) is 50.0 Å². The van der Waals surface area contributed by atoms with Crippen LogP contribution in [0.4, 0.5) is 5.69 Å². The number of hydrogen-bond acceptors (Lipinski definition) is 4. The van der Waals surface area contributed by atoms with Crippen molar-refractivity contribution in [3.63, 3.8) is 0 Å². The average Bonchev–Trinajstić information content (AvgIpc) is 3.26. The maximum atomic E-state index is 12.9. The van der Waals surface area contributed by atoms with Gasteiger partial charge in [-0.15, -0.1) is 6.58 Å². The van der Waals surface area contributed by atoms with E-state index in [9.17, 15) is 13.8 Å². The number of amides is 1. The van der Waals surface area contributed by atoms with Crippen LogP contribution in [-0.2, 0) is 25.8 Å². The molecule has 0 aromatic heterocycles. The normalized spacial score (nSPS) is 32.9. The predicted octanol–water partition coefficient (Wildman–Crippen LogP) is 3.26. The molecule has 1 aromatic rings. The largest absolute Gasteiger partial charge is 0.358 e. The Hall–Kier alpha value is -2.21. The molecular formula is C23H26N2O3S. The number of para-hydroxylation sites is 1. The summed E-state index contributed by atoms with van der Waals surface area (Å²) in [5.41, 5.74) is 4.01. The predicted molar refractivity (Wildman–Crippen MR) is 114 cm³/mol. The zero-order valence-corrected chi connectivity index (χ0v) is 17.5. The van der Waals surface area contributed by atoms with E-state index in [1.54, 1.807) is 0 Å². The van der Waals surface area contributed by atoms with Crippen molar-refractivity contribution in [1.82, 2.24) is 4.90 Å². The number of fused-ring (bicyclic) bond motifs is 1. The molecule has 4 atom stereocenters. The highest BCUT2D eigenvalue weighted by atomic mass is 32.2. The van der Waals surface area contributed by atoms with E-state index in [-0.39, 0.29) is 34.3 Å². The Morgan fingerprint density at radius 3 is 2.93 bits per heavy atom. The zero-order valence-electron chi connectivity index (χ0n) is 16.7. The lowest BCUT2D eigenvalue weighted by Gasteiger charge is -2.56. The van der Waals surface area contributed by atoms with E-state index >= 15 is 0 Å². The third-order valence-corrected chi connectivity index (χ3v) is 8.31. The first-order valence-corrected chi connectivity index (χ1v) is 11.8. The van der Waals surface area contributed by atoms with Gasteiger partial charge in [0.05, 0.1) is 22.3 Å². The van der Waals surface area contributed by atoms with Gasteiger partial charge in [-0.2, -0.15) is 0 Å². The lowest BCUT2D eigenvalue weighted by atomic mass is 9.53. The van der Waals surface area contributed by atoms with Gasteiger partial charge >= 0.3 is 0 Å². The van der Waals surface area contributed by atoms with Crippen molar-refractivity contribution in [3.8, 4) is 0 Å². The summed E-state index contributed by atoms with van der Waals surface area (Å²) < 4.78 is 11.9. The van der Waals surface area contributed by atoms with E-state index in [1.165, 1.54) is 11.8 Å². The van der Waals surface area contributed by atoms with Crippen molar-refractivity contribution >= 4 is 27.5 Å². The summed E-state index contributed by atoms with van der Waals surface area (Å²) in [6.07, 6.45) is 7.41. The lowest BCUT2D eigenvalue weighted by molar-refractivity contribution is -0.142. The molecule has 4 unspecified atom stereocenters. The summed E-state index contributed by atoms with van der Waals surface area (Å²) in [7, 11) is -1.49. The van der Waals surface area contributed by atoms with E-state index in [0.717, 1.165) is 49.2 Å². The minimum Gasteiger partial charge on any atom is -0.358 e. The van der Waals surface area contributed by atoms with Crippen LogP contribution in [0.1, 0.15) is 44.1 Å². The van der Waals surface area contributed by atoms with Crippen LogP contribution in [0, 0.1) is 5.41 Å². The van der Waals surface area contributed by atoms with Crippen LogP contribution < -0.4 is 5.32 Å². The van der Waals surface area contributed by atoms with Crippen molar-refractivity contribution in [3.05, 3.63) is 53.8 Å². The average molecular weight is 411 g/mol. The standard InChI is InChI=1S/C23H26N2O3S/c1-3-9-22-10-8-18(26)25-12-11-23(21(22)25)16-6-4-5-7-17(16)24-20(23)15(14-22)13-19(27)29(2)28/h3-7,21,24H,1,8-14H2,2H3. The summed E-state index contributed by atoms with van der Waals surface area (Å²) in [6, 6.07) is 8.39. The maximum absolute atomic E-state index is 12.9. The quantitative estimate of drug-likeness (QED) is 0.774. The van der Waals surface area contributed by atoms with Crippen LogP contribution in [0.15, 0.2) is 48.2 Å². The molecule has 3 aliphatic heterocycles. The van der Waals surface area contributed by atoms with Gasteiger partial charge in [0.15, 0.2) is 0 Å². The number of carbonyl (C=O) groups is 2. The highest BCUT2D eigenvalue weighted by Crippen LogP contribution is 2.65. The van der Waals surface area contributed by atoms with Gasteiger partial charge in [-0.1, -0.05) is 24.3 Å². The van der Waals surface area contributed by atoms with Gasteiger partial charge in [0, 0.05) is 37.0 Å². The van der Waals surface area contributed by atoms with Crippen LogP contribution >= 0.6 is 0 Å². The van der Waals surface area contributed by atoms with Crippen LogP contribution in [0.5, 0.6) is 0 Å². The molecule has 29 heavy (non-hydrogen) atoms. The van der Waals surface area contributed by atoms with Crippen LogP contribution in [0.2, 0.25) is 0 Å². The number of piperidine rings is 1. The molecule has 1 aromatic carbocycles. The smallest absolute Gasteiger partial charge is 0.222 e. The summed E-state index contributed by atoms with van der Waals surface area (Å²) in [5.74, 6) is 0.240. The second kappa shape index (κ2) is 6.39. The second-order valence-corrected chi connectivity index (χ2v) is 10.3. The number of carbonyl (C=O) groups excluding carboxylic acids is 2. The Labute approximate surface area is 173 Å². The molecular weight excluding hydrogens is 384 g/mol. The molecule has 5 nitrogen and oxygen atoms in total. The Morgan fingerprint density at radius 1 is 1.38 bits per heavy atom. The molecule has 152 valence electrons. The molecule has 0 saturated carbocycles. The Bertz CT molecular complexity index is 1000. The Balaban J connectivity index is 1.76. The fraction of sp³-hybridized carbons (Fsp3) is 0.478. The molecule has 1 aliphatic carbocycles. The summed E-state index contributed by atoms with van der Waals surface area (Å²) in [4.78, 5) is 27.5. The fourth-order valence-corrected chi connectivity index (χ4v) is 6.97. The number of nitrogens with one attached hydrogen (secondary N) is 1.